The smallest absolute Gasteiger partial charge is 0.243 e. The summed E-state index contributed by atoms with van der Waals surface area (Å²) < 4.78 is 37.7. The average molecular weight is 412 g/mol. The van der Waals surface area contributed by atoms with Gasteiger partial charge in [-0.2, -0.15) is 4.31 Å². The molecule has 1 aliphatic heterocycles. The van der Waals surface area contributed by atoms with Crippen LogP contribution in [0.1, 0.15) is 0 Å². The third-order valence-electron chi connectivity index (χ3n) is 4.62. The van der Waals surface area contributed by atoms with Gasteiger partial charge in [0.15, 0.2) is 11.5 Å². The van der Waals surface area contributed by atoms with Crippen LogP contribution in [0, 0.1) is 0 Å². The fourth-order valence-corrected chi connectivity index (χ4v) is 4.28. The topological polar surface area (TPSA) is 84.9 Å². The van der Waals surface area contributed by atoms with E-state index in [2.05, 4.69) is 5.32 Å². The van der Waals surface area contributed by atoms with Crippen LogP contribution in [-0.2, 0) is 14.8 Å². The number of carbonyl (C=O) groups is 1. The van der Waals surface area contributed by atoms with Gasteiger partial charge in [-0.3, -0.25) is 4.79 Å². The molecule has 1 N–H and O–H groups in total. The Balaban J connectivity index is 1.47. The normalized spacial score (nSPS) is 13.4. The largest absolute Gasteiger partial charge is 0.486 e. The van der Waals surface area contributed by atoms with Crippen molar-refractivity contribution in [3.8, 4) is 11.5 Å². The molecule has 4 rings (SSSR count). The van der Waals surface area contributed by atoms with Gasteiger partial charge in [0.2, 0.25) is 15.9 Å². The van der Waals surface area contributed by atoms with Gasteiger partial charge in [0, 0.05) is 18.8 Å². The molecule has 0 radical (unpaired) electrons. The van der Waals surface area contributed by atoms with Crippen molar-refractivity contribution in [1.82, 2.24) is 4.31 Å². The molecule has 0 aromatic heterocycles. The number of likely N-dealkylation sites (N-methyl/N-ethyl adjacent to an activating group) is 1. The van der Waals surface area contributed by atoms with E-state index < -0.39 is 15.9 Å². The fourth-order valence-electron chi connectivity index (χ4n) is 3.12. The lowest BCUT2D eigenvalue weighted by Gasteiger charge is -2.20. The first kappa shape index (κ1) is 19.2. The number of hydrogen-bond donors (Lipinski definition) is 1. The minimum Gasteiger partial charge on any atom is -0.486 e. The molecule has 0 bridgehead atoms. The maximum Gasteiger partial charge on any atom is 0.243 e. The summed E-state index contributed by atoms with van der Waals surface area (Å²) in [5.74, 6) is 0.713. The Bertz CT molecular complexity index is 1180. The molecule has 3 aromatic rings. The second-order valence-electron chi connectivity index (χ2n) is 6.68. The zero-order chi connectivity index (χ0) is 20.4. The molecule has 150 valence electrons. The second kappa shape index (κ2) is 7.73. The van der Waals surface area contributed by atoms with Gasteiger partial charge in [0.05, 0.1) is 11.4 Å². The average Bonchev–Trinajstić information content (AvgIpc) is 2.73. The molecule has 0 unspecified atom stereocenters. The zero-order valence-electron chi connectivity index (χ0n) is 15.8. The van der Waals surface area contributed by atoms with Crippen LogP contribution >= 0.6 is 0 Å². The Morgan fingerprint density at radius 1 is 0.966 bits per heavy atom. The molecule has 29 heavy (non-hydrogen) atoms. The highest BCUT2D eigenvalue weighted by molar-refractivity contribution is 7.89. The quantitative estimate of drug-likeness (QED) is 0.697. The summed E-state index contributed by atoms with van der Waals surface area (Å²) >= 11 is 0. The lowest BCUT2D eigenvalue weighted by atomic mass is 10.1. The van der Waals surface area contributed by atoms with Gasteiger partial charge in [-0.05, 0) is 35.0 Å². The van der Waals surface area contributed by atoms with Crippen LogP contribution in [0.5, 0.6) is 11.5 Å². The van der Waals surface area contributed by atoms with E-state index in [1.165, 1.54) is 7.05 Å². The molecular formula is C21H20N2O5S. The molecule has 0 spiro atoms. The van der Waals surface area contributed by atoms with E-state index in [0.29, 0.717) is 30.4 Å². The summed E-state index contributed by atoms with van der Waals surface area (Å²) in [4.78, 5) is 12.5. The fraction of sp³-hybridized carbons (Fsp3) is 0.190. The van der Waals surface area contributed by atoms with Crippen molar-refractivity contribution in [2.24, 2.45) is 0 Å². The Labute approximate surface area is 168 Å². The van der Waals surface area contributed by atoms with E-state index in [-0.39, 0.29) is 11.4 Å². The Morgan fingerprint density at radius 3 is 2.48 bits per heavy atom. The standard InChI is InChI=1S/C21H20N2O5S/c1-23(29(25,26)18-8-6-15-4-2-3-5-16(15)12-18)14-21(24)22-17-7-9-19-20(13-17)28-11-10-27-19/h2-9,12-13H,10-11,14H2,1H3,(H,22,24). The Kier molecular flexibility index (Phi) is 5.12. The highest BCUT2D eigenvalue weighted by atomic mass is 32.2. The van der Waals surface area contributed by atoms with Gasteiger partial charge >= 0.3 is 0 Å². The third-order valence-corrected chi connectivity index (χ3v) is 6.42. The van der Waals surface area contributed by atoms with Crippen molar-refractivity contribution in [3.05, 3.63) is 60.7 Å². The number of fused-ring (bicyclic) bond motifs is 2. The number of amides is 1. The first-order valence-corrected chi connectivity index (χ1v) is 10.5. The number of benzene rings is 3. The first-order chi connectivity index (χ1) is 13.9. The summed E-state index contributed by atoms with van der Waals surface area (Å²) in [6.45, 7) is 0.608. The Hall–Kier alpha value is -3.10. The van der Waals surface area contributed by atoms with Crippen LogP contribution in [0.25, 0.3) is 10.8 Å². The predicted octanol–water partition coefficient (Wildman–Crippen LogP) is 2.87. The van der Waals surface area contributed by atoms with E-state index in [0.717, 1.165) is 15.1 Å². The molecule has 0 aliphatic carbocycles. The van der Waals surface area contributed by atoms with E-state index in [1.54, 1.807) is 36.4 Å². The Morgan fingerprint density at radius 2 is 1.69 bits per heavy atom. The number of nitrogens with zero attached hydrogens (tertiary/aromatic N) is 1. The number of ether oxygens (including phenoxy) is 2. The number of nitrogens with one attached hydrogen (secondary N) is 1. The van der Waals surface area contributed by atoms with E-state index in [1.807, 2.05) is 24.3 Å². The lowest BCUT2D eigenvalue weighted by molar-refractivity contribution is -0.116. The monoisotopic (exact) mass is 412 g/mol. The van der Waals surface area contributed by atoms with E-state index >= 15 is 0 Å². The molecule has 1 amide bonds. The molecule has 7 nitrogen and oxygen atoms in total. The highest BCUT2D eigenvalue weighted by Gasteiger charge is 2.23. The predicted molar refractivity (Wildman–Crippen MR) is 110 cm³/mol. The molecule has 0 fully saturated rings. The molecular weight excluding hydrogens is 392 g/mol. The van der Waals surface area contributed by atoms with Crippen molar-refractivity contribution < 1.29 is 22.7 Å². The van der Waals surface area contributed by atoms with E-state index in [9.17, 15) is 13.2 Å². The summed E-state index contributed by atoms with van der Waals surface area (Å²) in [5, 5.41) is 4.47. The van der Waals surface area contributed by atoms with Crippen molar-refractivity contribution >= 4 is 32.4 Å². The van der Waals surface area contributed by atoms with Crippen molar-refractivity contribution in [1.29, 1.82) is 0 Å². The molecule has 3 aromatic carbocycles. The van der Waals surface area contributed by atoms with Crippen LogP contribution < -0.4 is 14.8 Å². The minimum atomic E-state index is -3.80. The van der Waals surface area contributed by atoms with Gasteiger partial charge in [0.25, 0.3) is 0 Å². The maximum absolute atomic E-state index is 12.9. The van der Waals surface area contributed by atoms with Gasteiger partial charge < -0.3 is 14.8 Å². The molecule has 0 saturated heterocycles. The van der Waals surface area contributed by atoms with Gasteiger partial charge in [-0.15, -0.1) is 0 Å². The van der Waals surface area contributed by atoms with Crippen molar-refractivity contribution in [3.63, 3.8) is 0 Å². The molecule has 0 saturated carbocycles. The van der Waals surface area contributed by atoms with Crippen LogP contribution in [0.2, 0.25) is 0 Å². The summed E-state index contributed by atoms with van der Waals surface area (Å²) in [5.41, 5.74) is 0.510. The SMILES string of the molecule is CN(CC(=O)Nc1ccc2c(c1)OCCO2)S(=O)(=O)c1ccc2ccccc2c1. The molecule has 8 heteroatoms. The maximum atomic E-state index is 12.9. The molecule has 0 atom stereocenters. The van der Waals surface area contributed by atoms with Crippen LogP contribution in [0.4, 0.5) is 5.69 Å². The van der Waals surface area contributed by atoms with Crippen LogP contribution in [0.3, 0.4) is 0 Å². The van der Waals surface area contributed by atoms with Crippen molar-refractivity contribution in [2.45, 2.75) is 4.90 Å². The first-order valence-electron chi connectivity index (χ1n) is 9.08. The number of rotatable bonds is 5. The summed E-state index contributed by atoms with van der Waals surface area (Å²) in [6.07, 6.45) is 0. The summed E-state index contributed by atoms with van der Waals surface area (Å²) in [6, 6.07) is 17.5. The number of hydrogen-bond acceptors (Lipinski definition) is 5. The minimum absolute atomic E-state index is 0.144. The zero-order valence-corrected chi connectivity index (χ0v) is 16.6. The van der Waals surface area contributed by atoms with Crippen LogP contribution in [-0.4, -0.2) is 45.4 Å². The number of anilines is 1. The van der Waals surface area contributed by atoms with Gasteiger partial charge in [-0.1, -0.05) is 30.3 Å². The van der Waals surface area contributed by atoms with Crippen molar-refractivity contribution in [2.75, 3.05) is 32.1 Å². The highest BCUT2D eigenvalue weighted by Crippen LogP contribution is 2.32. The lowest BCUT2D eigenvalue weighted by Crippen LogP contribution is -2.35. The van der Waals surface area contributed by atoms with Gasteiger partial charge in [-0.25, -0.2) is 8.42 Å². The third kappa shape index (κ3) is 4.03. The second-order valence-corrected chi connectivity index (χ2v) is 8.72. The number of carbonyl (C=O) groups excluding carboxylic acids is 1. The van der Waals surface area contributed by atoms with Gasteiger partial charge in [0.1, 0.15) is 13.2 Å². The molecule has 1 heterocycles. The van der Waals surface area contributed by atoms with Crippen LogP contribution in [0.15, 0.2) is 65.6 Å². The summed E-state index contributed by atoms with van der Waals surface area (Å²) in [7, 11) is -2.42. The van der Waals surface area contributed by atoms with E-state index in [4.69, 9.17) is 9.47 Å². The number of sulfonamides is 1. The molecule has 1 aliphatic rings.